The van der Waals surface area contributed by atoms with Gasteiger partial charge in [-0.15, -0.1) is 0 Å². The molecule has 0 rings (SSSR count). The van der Waals surface area contributed by atoms with E-state index in [-0.39, 0.29) is 13.2 Å². The van der Waals surface area contributed by atoms with Crippen molar-refractivity contribution < 1.29 is 35.1 Å². The summed E-state index contributed by atoms with van der Waals surface area (Å²) in [5.74, 6) is -1.06. The van der Waals surface area contributed by atoms with Crippen LogP contribution in [0.1, 0.15) is 39.5 Å². The summed E-state index contributed by atoms with van der Waals surface area (Å²) in [5.41, 5.74) is -2.41. The summed E-state index contributed by atoms with van der Waals surface area (Å²) in [6, 6.07) is 0. The first-order valence-electron chi connectivity index (χ1n) is 8.47. The van der Waals surface area contributed by atoms with Gasteiger partial charge in [-0.1, -0.05) is 33.1 Å². The molecule has 0 saturated carbocycles. The molecule has 0 aliphatic heterocycles. The van der Waals surface area contributed by atoms with Gasteiger partial charge in [0.2, 0.25) is 5.60 Å². The molecule has 0 aliphatic carbocycles. The first-order valence-corrected chi connectivity index (χ1v) is 8.47. The highest BCUT2D eigenvalue weighted by Gasteiger charge is 2.50. The minimum Gasteiger partial charge on any atom is -0.463 e. The molecule has 0 aliphatic rings. The second-order valence-electron chi connectivity index (χ2n) is 6.14. The van der Waals surface area contributed by atoms with Gasteiger partial charge in [0.25, 0.3) is 0 Å². The maximum absolute atomic E-state index is 12.3. The van der Waals surface area contributed by atoms with E-state index in [1.165, 1.54) is 0 Å². The molecule has 0 amide bonds. The van der Waals surface area contributed by atoms with Crippen LogP contribution in [0.15, 0.2) is 0 Å². The van der Waals surface area contributed by atoms with Gasteiger partial charge >= 0.3 is 5.97 Å². The van der Waals surface area contributed by atoms with Crippen molar-refractivity contribution in [1.29, 1.82) is 0 Å². The van der Waals surface area contributed by atoms with Gasteiger partial charge in [-0.25, -0.2) is 4.79 Å². The molecule has 0 aromatic heterocycles. The molecule has 0 spiro atoms. The van der Waals surface area contributed by atoms with Gasteiger partial charge in [-0.3, -0.25) is 0 Å². The van der Waals surface area contributed by atoms with Crippen LogP contribution < -0.4 is 0 Å². The number of carbonyl (C=O) groups is 1. The van der Waals surface area contributed by atoms with Crippen LogP contribution in [0.4, 0.5) is 0 Å². The van der Waals surface area contributed by atoms with Gasteiger partial charge in [-0.05, 0) is 20.0 Å². The largest absolute Gasteiger partial charge is 0.463 e. The van der Waals surface area contributed by atoms with Crippen LogP contribution in [0.2, 0.25) is 0 Å². The van der Waals surface area contributed by atoms with Crippen LogP contribution in [-0.2, 0) is 9.53 Å². The van der Waals surface area contributed by atoms with Crippen LogP contribution in [0.25, 0.3) is 0 Å². The van der Waals surface area contributed by atoms with E-state index >= 15 is 0 Å². The third kappa shape index (κ3) is 7.00. The Morgan fingerprint density at radius 1 is 1.17 bits per heavy atom. The van der Waals surface area contributed by atoms with Crippen LogP contribution in [0.5, 0.6) is 0 Å². The number of hydrogen-bond acceptors (Lipinski definition) is 8. The summed E-state index contributed by atoms with van der Waals surface area (Å²) >= 11 is 0. The average Bonchev–Trinajstić information content (AvgIpc) is 2.58. The number of nitrogens with zero attached hydrogens (tertiary/aromatic N) is 1. The molecule has 4 atom stereocenters. The molecule has 0 aromatic rings. The summed E-state index contributed by atoms with van der Waals surface area (Å²) in [4.78, 5) is 13.9. The van der Waals surface area contributed by atoms with Crippen molar-refractivity contribution in [1.82, 2.24) is 4.90 Å². The SMILES string of the molecule is CCCCCCOC(=O)[C@](O)(CN(C)CC)[C@@H](O)[C@H](O)[C@H](O)CO. The Balaban J connectivity index is 5.01. The third-order valence-electron chi connectivity index (χ3n) is 4.03. The lowest BCUT2D eigenvalue weighted by Crippen LogP contribution is -2.63. The van der Waals surface area contributed by atoms with E-state index in [9.17, 15) is 25.2 Å². The van der Waals surface area contributed by atoms with Crippen molar-refractivity contribution in [3.05, 3.63) is 0 Å². The van der Waals surface area contributed by atoms with E-state index in [0.29, 0.717) is 13.0 Å². The lowest BCUT2D eigenvalue weighted by atomic mass is 9.89. The molecule has 0 heterocycles. The smallest absolute Gasteiger partial charge is 0.342 e. The van der Waals surface area contributed by atoms with Gasteiger partial charge in [0.15, 0.2) is 0 Å². The fraction of sp³-hybridized carbons (Fsp3) is 0.938. The van der Waals surface area contributed by atoms with Gasteiger partial charge in [0, 0.05) is 6.54 Å². The Hall–Kier alpha value is -0.770. The monoisotopic (exact) mass is 351 g/mol. The number of rotatable bonds is 13. The maximum atomic E-state index is 12.3. The Kier molecular flexibility index (Phi) is 11.4. The fourth-order valence-electron chi connectivity index (χ4n) is 2.22. The number of carbonyl (C=O) groups excluding carboxylic acids is 1. The fourth-order valence-corrected chi connectivity index (χ4v) is 2.22. The highest BCUT2D eigenvalue weighted by atomic mass is 16.6. The lowest BCUT2D eigenvalue weighted by Gasteiger charge is -2.36. The van der Waals surface area contributed by atoms with E-state index in [2.05, 4.69) is 6.92 Å². The van der Waals surface area contributed by atoms with E-state index in [1.807, 2.05) is 0 Å². The predicted octanol–water partition coefficient (Wildman–Crippen LogP) is -1.13. The highest BCUT2D eigenvalue weighted by Crippen LogP contribution is 2.20. The number of likely N-dealkylation sites (N-methyl/N-ethyl adjacent to an activating group) is 1. The summed E-state index contributed by atoms with van der Waals surface area (Å²) in [6.07, 6.45) is -2.03. The first-order chi connectivity index (χ1) is 11.2. The summed E-state index contributed by atoms with van der Waals surface area (Å²) in [5, 5.41) is 49.0. The molecule has 0 radical (unpaired) electrons. The van der Waals surface area contributed by atoms with Crippen molar-refractivity contribution in [3.8, 4) is 0 Å². The lowest BCUT2D eigenvalue weighted by molar-refractivity contribution is -0.199. The number of esters is 1. The van der Waals surface area contributed by atoms with E-state index in [4.69, 9.17) is 9.84 Å². The zero-order valence-electron chi connectivity index (χ0n) is 14.9. The van der Waals surface area contributed by atoms with Crippen molar-refractivity contribution in [2.24, 2.45) is 0 Å². The Labute approximate surface area is 143 Å². The molecule has 0 bridgehead atoms. The number of aliphatic hydroxyl groups is 5. The van der Waals surface area contributed by atoms with Gasteiger partial charge in [-0.2, -0.15) is 0 Å². The van der Waals surface area contributed by atoms with Crippen molar-refractivity contribution in [2.75, 3.05) is 33.4 Å². The van der Waals surface area contributed by atoms with Crippen molar-refractivity contribution in [2.45, 2.75) is 63.4 Å². The minimum absolute atomic E-state index is 0.0996. The average molecular weight is 351 g/mol. The Morgan fingerprint density at radius 3 is 2.29 bits per heavy atom. The molecule has 0 saturated heterocycles. The van der Waals surface area contributed by atoms with E-state index in [0.717, 1.165) is 19.3 Å². The molecule has 144 valence electrons. The Morgan fingerprint density at radius 2 is 1.79 bits per heavy atom. The first kappa shape index (κ1) is 23.2. The standard InChI is InChI=1S/C16H33NO7/c1-4-6-7-8-9-24-15(22)16(23,11-17(3)5-2)14(21)13(20)12(19)10-18/h12-14,18-21,23H,4-11H2,1-3H3/t12-,13-,14+,16+/m1/s1. The zero-order chi connectivity index (χ0) is 18.8. The molecule has 24 heavy (non-hydrogen) atoms. The van der Waals surface area contributed by atoms with Crippen LogP contribution in [0.3, 0.4) is 0 Å². The van der Waals surface area contributed by atoms with E-state index < -0.39 is 36.5 Å². The molecule has 8 heteroatoms. The molecule has 8 nitrogen and oxygen atoms in total. The third-order valence-corrected chi connectivity index (χ3v) is 4.03. The van der Waals surface area contributed by atoms with E-state index in [1.54, 1.807) is 18.9 Å². The van der Waals surface area contributed by atoms with Gasteiger partial charge in [0.1, 0.15) is 18.3 Å². The zero-order valence-corrected chi connectivity index (χ0v) is 14.9. The topological polar surface area (TPSA) is 131 Å². The second-order valence-corrected chi connectivity index (χ2v) is 6.14. The highest BCUT2D eigenvalue weighted by molar-refractivity contribution is 5.80. The Bertz CT molecular complexity index is 355. The van der Waals surface area contributed by atoms with Crippen LogP contribution in [0, 0.1) is 0 Å². The quantitative estimate of drug-likeness (QED) is 0.208. The molecule has 0 fully saturated rings. The summed E-state index contributed by atoms with van der Waals surface area (Å²) in [7, 11) is 1.63. The summed E-state index contributed by atoms with van der Waals surface area (Å²) in [6.45, 7) is 3.33. The van der Waals surface area contributed by atoms with Gasteiger partial charge in [0.05, 0.1) is 13.2 Å². The predicted molar refractivity (Wildman–Crippen MR) is 88.3 cm³/mol. The van der Waals surface area contributed by atoms with Crippen LogP contribution >= 0.6 is 0 Å². The molecular formula is C16H33NO7. The molecule has 0 aromatic carbocycles. The number of ether oxygens (including phenoxy) is 1. The normalized spacial score (nSPS) is 18.0. The molecular weight excluding hydrogens is 318 g/mol. The minimum atomic E-state index is -2.41. The van der Waals surface area contributed by atoms with Crippen molar-refractivity contribution in [3.63, 3.8) is 0 Å². The maximum Gasteiger partial charge on any atom is 0.342 e. The second kappa shape index (κ2) is 11.7. The number of hydrogen-bond donors (Lipinski definition) is 5. The summed E-state index contributed by atoms with van der Waals surface area (Å²) < 4.78 is 5.05. The molecule has 0 unspecified atom stereocenters. The van der Waals surface area contributed by atoms with Crippen molar-refractivity contribution >= 4 is 5.97 Å². The molecule has 5 N–H and O–H groups in total. The van der Waals surface area contributed by atoms with Crippen LogP contribution in [-0.4, -0.2) is 93.7 Å². The van der Waals surface area contributed by atoms with Gasteiger partial charge < -0.3 is 35.2 Å². The number of unbranched alkanes of at least 4 members (excludes halogenated alkanes) is 3. The number of aliphatic hydroxyl groups excluding tert-OH is 4.